The number of piperidine rings is 1. The largest absolute Gasteiger partial charge is 0.508 e. The maximum Gasteiger partial charge on any atom is 0.227 e. The number of rotatable bonds is 3. The molecular formula is C23H27NO2. The zero-order valence-corrected chi connectivity index (χ0v) is 15.4. The quantitative estimate of drug-likeness (QED) is 0.898. The lowest BCUT2D eigenvalue weighted by Gasteiger charge is -2.55. The Morgan fingerprint density at radius 2 is 1.96 bits per heavy atom. The Bertz CT molecular complexity index is 788. The highest BCUT2D eigenvalue weighted by Gasteiger charge is 2.50. The first-order valence-electron chi connectivity index (χ1n) is 9.73. The van der Waals surface area contributed by atoms with Gasteiger partial charge in [0.15, 0.2) is 0 Å². The van der Waals surface area contributed by atoms with Crippen LogP contribution >= 0.6 is 0 Å². The van der Waals surface area contributed by atoms with Crippen molar-refractivity contribution in [3.05, 3.63) is 65.7 Å². The van der Waals surface area contributed by atoms with Crippen LogP contribution in [0.4, 0.5) is 0 Å². The van der Waals surface area contributed by atoms with E-state index >= 15 is 0 Å². The highest BCUT2D eigenvalue weighted by molar-refractivity contribution is 5.79. The summed E-state index contributed by atoms with van der Waals surface area (Å²) in [6.45, 7) is 3.12. The molecule has 2 aromatic rings. The summed E-state index contributed by atoms with van der Waals surface area (Å²) in [5.74, 6) is 1.000. The lowest BCUT2D eigenvalue weighted by molar-refractivity contribution is -0.139. The fraction of sp³-hybridized carbons (Fsp3) is 0.435. The van der Waals surface area contributed by atoms with Crippen molar-refractivity contribution in [2.45, 2.75) is 50.5 Å². The lowest BCUT2D eigenvalue weighted by Crippen LogP contribution is -2.59. The number of phenolic OH excluding ortho intramolecular Hbond substituents is 1. The minimum atomic E-state index is 0.0885. The van der Waals surface area contributed by atoms with E-state index in [-0.39, 0.29) is 11.3 Å². The highest BCUT2D eigenvalue weighted by atomic mass is 16.3. The van der Waals surface area contributed by atoms with E-state index in [9.17, 15) is 9.90 Å². The van der Waals surface area contributed by atoms with Gasteiger partial charge in [-0.1, -0.05) is 55.8 Å². The van der Waals surface area contributed by atoms with E-state index in [1.807, 2.05) is 42.5 Å². The molecule has 136 valence electrons. The van der Waals surface area contributed by atoms with Gasteiger partial charge >= 0.3 is 0 Å². The summed E-state index contributed by atoms with van der Waals surface area (Å²) in [5.41, 5.74) is 2.42. The Labute approximate surface area is 155 Å². The Hall–Kier alpha value is -2.29. The number of carbonyl (C=O) groups excluding carboxylic acids is 1. The monoisotopic (exact) mass is 349 g/mol. The van der Waals surface area contributed by atoms with Gasteiger partial charge in [-0.25, -0.2) is 0 Å². The molecule has 0 radical (unpaired) electrons. The number of amides is 1. The Morgan fingerprint density at radius 1 is 1.15 bits per heavy atom. The standard InChI is InChI=1S/C23H27NO2/c1-17-21-11-6-12-23(17,19-9-5-10-20(25)16-19)13-14-24(21)22(26)15-18-7-3-2-4-8-18/h2-5,7-10,16-17,21,25H,6,11-15H2,1H3/t17-,21?,23?/m0/s1. The van der Waals surface area contributed by atoms with Gasteiger partial charge in [-0.3, -0.25) is 4.79 Å². The zero-order valence-electron chi connectivity index (χ0n) is 15.4. The van der Waals surface area contributed by atoms with Gasteiger partial charge in [-0.05, 0) is 48.4 Å². The summed E-state index contributed by atoms with van der Waals surface area (Å²) >= 11 is 0. The van der Waals surface area contributed by atoms with E-state index in [2.05, 4.69) is 17.9 Å². The van der Waals surface area contributed by atoms with E-state index in [1.54, 1.807) is 6.07 Å². The molecule has 2 bridgehead atoms. The van der Waals surface area contributed by atoms with Crippen molar-refractivity contribution < 1.29 is 9.90 Å². The molecule has 1 aliphatic heterocycles. The van der Waals surface area contributed by atoms with Gasteiger partial charge in [-0.2, -0.15) is 0 Å². The molecule has 0 spiro atoms. The van der Waals surface area contributed by atoms with Crippen LogP contribution < -0.4 is 0 Å². The first-order valence-corrected chi connectivity index (χ1v) is 9.73. The fourth-order valence-electron chi connectivity index (χ4n) is 5.29. The predicted octanol–water partition coefficient (Wildman–Crippen LogP) is 4.29. The van der Waals surface area contributed by atoms with E-state index in [0.29, 0.717) is 24.1 Å². The Kier molecular flexibility index (Phi) is 4.47. The topological polar surface area (TPSA) is 40.5 Å². The van der Waals surface area contributed by atoms with Crippen molar-refractivity contribution in [3.8, 4) is 5.75 Å². The van der Waals surface area contributed by atoms with Crippen LogP contribution in [-0.4, -0.2) is 28.5 Å². The molecule has 2 unspecified atom stereocenters. The average Bonchev–Trinajstić information content (AvgIpc) is 2.63. The van der Waals surface area contributed by atoms with Crippen LogP contribution in [0, 0.1) is 5.92 Å². The first-order chi connectivity index (χ1) is 12.6. The molecule has 2 aromatic carbocycles. The Morgan fingerprint density at radius 3 is 2.73 bits per heavy atom. The van der Waals surface area contributed by atoms with E-state index in [1.165, 1.54) is 5.56 Å². The molecule has 1 heterocycles. The molecule has 4 rings (SSSR count). The summed E-state index contributed by atoms with van der Waals surface area (Å²) < 4.78 is 0. The molecule has 3 atom stereocenters. The van der Waals surface area contributed by atoms with Crippen molar-refractivity contribution in [1.82, 2.24) is 4.90 Å². The van der Waals surface area contributed by atoms with Crippen LogP contribution in [0.1, 0.15) is 43.7 Å². The van der Waals surface area contributed by atoms with Crippen LogP contribution in [0.15, 0.2) is 54.6 Å². The number of nitrogens with zero attached hydrogens (tertiary/aromatic N) is 1. The van der Waals surface area contributed by atoms with Crippen LogP contribution in [0.5, 0.6) is 5.75 Å². The van der Waals surface area contributed by atoms with Crippen molar-refractivity contribution in [2.75, 3.05) is 6.54 Å². The van der Waals surface area contributed by atoms with Crippen molar-refractivity contribution in [3.63, 3.8) is 0 Å². The number of hydrogen-bond acceptors (Lipinski definition) is 2. The van der Waals surface area contributed by atoms with Crippen LogP contribution in [-0.2, 0) is 16.6 Å². The summed E-state index contributed by atoms with van der Waals surface area (Å²) in [5, 5.41) is 9.96. The summed E-state index contributed by atoms with van der Waals surface area (Å²) in [7, 11) is 0. The number of benzene rings is 2. The van der Waals surface area contributed by atoms with Gasteiger partial charge in [0.05, 0.1) is 6.42 Å². The predicted molar refractivity (Wildman–Crippen MR) is 103 cm³/mol. The summed E-state index contributed by atoms with van der Waals surface area (Å²) in [6, 6.07) is 18.1. The zero-order chi connectivity index (χ0) is 18.1. The molecule has 1 N–H and O–H groups in total. The third kappa shape index (κ3) is 2.90. The highest BCUT2D eigenvalue weighted by Crippen LogP contribution is 2.51. The fourth-order valence-corrected chi connectivity index (χ4v) is 5.29. The van der Waals surface area contributed by atoms with Crippen molar-refractivity contribution >= 4 is 5.91 Å². The molecule has 1 saturated heterocycles. The van der Waals surface area contributed by atoms with Gasteiger partial charge < -0.3 is 10.0 Å². The second-order valence-corrected chi connectivity index (χ2v) is 7.95. The molecule has 1 aliphatic carbocycles. The molecule has 3 nitrogen and oxygen atoms in total. The molecule has 2 aliphatic rings. The second kappa shape index (κ2) is 6.79. The van der Waals surface area contributed by atoms with Crippen LogP contribution in [0.3, 0.4) is 0 Å². The van der Waals surface area contributed by atoms with Gasteiger partial charge in [0, 0.05) is 18.0 Å². The van der Waals surface area contributed by atoms with Gasteiger partial charge in [0.25, 0.3) is 0 Å². The molecule has 1 saturated carbocycles. The van der Waals surface area contributed by atoms with E-state index in [0.717, 1.165) is 37.8 Å². The molecule has 26 heavy (non-hydrogen) atoms. The van der Waals surface area contributed by atoms with Crippen LogP contribution in [0.2, 0.25) is 0 Å². The third-order valence-corrected chi connectivity index (χ3v) is 6.71. The number of fused-ring (bicyclic) bond motifs is 2. The van der Waals surface area contributed by atoms with Gasteiger partial charge in [0.1, 0.15) is 5.75 Å². The van der Waals surface area contributed by atoms with Crippen LogP contribution in [0.25, 0.3) is 0 Å². The number of aromatic hydroxyl groups is 1. The number of likely N-dealkylation sites (tertiary alicyclic amines) is 1. The second-order valence-electron chi connectivity index (χ2n) is 7.95. The van der Waals surface area contributed by atoms with E-state index in [4.69, 9.17) is 0 Å². The lowest BCUT2D eigenvalue weighted by atomic mass is 9.57. The molecule has 3 heteroatoms. The van der Waals surface area contributed by atoms with E-state index < -0.39 is 0 Å². The first kappa shape index (κ1) is 17.1. The third-order valence-electron chi connectivity index (χ3n) is 6.71. The smallest absolute Gasteiger partial charge is 0.227 e. The molecule has 2 fully saturated rings. The maximum absolute atomic E-state index is 13.0. The minimum absolute atomic E-state index is 0.0885. The molecule has 1 amide bonds. The number of phenols is 1. The van der Waals surface area contributed by atoms with Gasteiger partial charge in [-0.15, -0.1) is 0 Å². The van der Waals surface area contributed by atoms with Crippen molar-refractivity contribution in [2.24, 2.45) is 5.92 Å². The van der Waals surface area contributed by atoms with Crippen molar-refractivity contribution in [1.29, 1.82) is 0 Å². The summed E-state index contributed by atoms with van der Waals surface area (Å²) in [6.07, 6.45) is 4.84. The normalized spacial score (nSPS) is 28.0. The SMILES string of the molecule is C[C@H]1C2CCCC1(c1cccc(O)c1)CCN2C(=O)Cc1ccccc1. The maximum atomic E-state index is 13.0. The molecular weight excluding hydrogens is 322 g/mol. The summed E-state index contributed by atoms with van der Waals surface area (Å²) in [4.78, 5) is 15.1. The number of hydrogen-bond donors (Lipinski definition) is 1. The average molecular weight is 349 g/mol. The molecule has 0 aromatic heterocycles. The Balaban J connectivity index is 1.57. The van der Waals surface area contributed by atoms with Gasteiger partial charge in [0.2, 0.25) is 5.91 Å². The number of carbonyl (C=O) groups is 1. The minimum Gasteiger partial charge on any atom is -0.508 e.